The van der Waals surface area contributed by atoms with Gasteiger partial charge in [0, 0.05) is 26.3 Å². The van der Waals surface area contributed by atoms with Crippen LogP contribution in [0, 0.1) is 5.92 Å². The molecule has 4 N–H and O–H groups in total. The molecule has 1 heterocycles. The number of nitrogens with two attached hydrogens (primary N) is 1. The summed E-state index contributed by atoms with van der Waals surface area (Å²) in [4.78, 5) is 10.3. The topological polar surface area (TPSA) is 76.4 Å². The first-order chi connectivity index (χ1) is 6.79. The zero-order valence-electron chi connectivity index (χ0n) is 8.42. The van der Waals surface area contributed by atoms with Crippen LogP contribution < -0.4 is 16.4 Å². The Morgan fingerprint density at radius 2 is 2.07 bits per heavy atom. The van der Waals surface area contributed by atoms with Crippen LogP contribution in [0.3, 0.4) is 0 Å². The predicted octanol–water partition coefficient (Wildman–Crippen LogP) is -0.329. The lowest BCUT2D eigenvalue weighted by Crippen LogP contribution is -2.37. The van der Waals surface area contributed by atoms with Gasteiger partial charge in [0.15, 0.2) is 0 Å². The van der Waals surface area contributed by atoms with Crippen LogP contribution in [0.1, 0.15) is 12.8 Å². The number of hydrogen-bond donors (Lipinski definition) is 3. The molecule has 0 aliphatic carbocycles. The highest BCUT2D eigenvalue weighted by Crippen LogP contribution is 2.12. The van der Waals surface area contributed by atoms with Crippen LogP contribution in [0.15, 0.2) is 0 Å². The van der Waals surface area contributed by atoms with Crippen molar-refractivity contribution in [2.24, 2.45) is 11.7 Å². The Bertz CT molecular complexity index is 169. The van der Waals surface area contributed by atoms with Crippen LogP contribution in [0.25, 0.3) is 0 Å². The van der Waals surface area contributed by atoms with E-state index < -0.39 is 6.03 Å². The van der Waals surface area contributed by atoms with E-state index in [-0.39, 0.29) is 0 Å². The van der Waals surface area contributed by atoms with Crippen LogP contribution in [0.4, 0.5) is 4.79 Å². The Labute approximate surface area is 84.4 Å². The monoisotopic (exact) mass is 201 g/mol. The average Bonchev–Trinajstić information content (AvgIpc) is 2.18. The van der Waals surface area contributed by atoms with Gasteiger partial charge in [0.25, 0.3) is 0 Å². The molecule has 0 unspecified atom stereocenters. The number of carbonyl (C=O) groups is 1. The van der Waals surface area contributed by atoms with Crippen molar-refractivity contribution < 1.29 is 9.53 Å². The number of nitrogens with one attached hydrogen (secondary N) is 2. The van der Waals surface area contributed by atoms with E-state index in [1.807, 2.05) is 0 Å². The molecule has 0 bridgehead atoms. The minimum Gasteiger partial charge on any atom is -0.381 e. The molecule has 0 aromatic heterocycles. The molecule has 1 fully saturated rings. The van der Waals surface area contributed by atoms with Gasteiger partial charge in [-0.05, 0) is 25.3 Å². The summed E-state index contributed by atoms with van der Waals surface area (Å²) in [6.45, 7) is 4.14. The van der Waals surface area contributed by atoms with E-state index in [2.05, 4.69) is 10.6 Å². The second-order valence-electron chi connectivity index (χ2n) is 3.55. The summed E-state index contributed by atoms with van der Waals surface area (Å²) >= 11 is 0. The summed E-state index contributed by atoms with van der Waals surface area (Å²) in [7, 11) is 0. The third kappa shape index (κ3) is 5.04. The number of hydrogen-bond acceptors (Lipinski definition) is 3. The van der Waals surface area contributed by atoms with Gasteiger partial charge in [0.1, 0.15) is 0 Å². The maximum atomic E-state index is 10.3. The van der Waals surface area contributed by atoms with Gasteiger partial charge in [-0.3, -0.25) is 0 Å². The largest absolute Gasteiger partial charge is 0.381 e. The molecule has 0 radical (unpaired) electrons. The molecule has 82 valence electrons. The first-order valence-electron chi connectivity index (χ1n) is 5.11. The number of carbonyl (C=O) groups excluding carboxylic acids is 1. The Morgan fingerprint density at radius 3 is 2.71 bits per heavy atom. The normalized spacial score (nSPS) is 18.0. The van der Waals surface area contributed by atoms with Crippen molar-refractivity contribution >= 4 is 6.03 Å². The molecular weight excluding hydrogens is 182 g/mol. The SMILES string of the molecule is NC(=O)NCCNCC1CCOCC1. The zero-order chi connectivity index (χ0) is 10.2. The summed E-state index contributed by atoms with van der Waals surface area (Å²) in [6.07, 6.45) is 2.27. The predicted molar refractivity (Wildman–Crippen MR) is 54.0 cm³/mol. The van der Waals surface area contributed by atoms with E-state index >= 15 is 0 Å². The van der Waals surface area contributed by atoms with Gasteiger partial charge in [0.2, 0.25) is 0 Å². The molecule has 14 heavy (non-hydrogen) atoms. The molecule has 5 heteroatoms. The first kappa shape index (κ1) is 11.3. The van der Waals surface area contributed by atoms with Crippen molar-refractivity contribution in [1.29, 1.82) is 0 Å². The van der Waals surface area contributed by atoms with Crippen molar-refractivity contribution in [3.05, 3.63) is 0 Å². The van der Waals surface area contributed by atoms with Crippen LogP contribution in [0.5, 0.6) is 0 Å². The van der Waals surface area contributed by atoms with Gasteiger partial charge in [-0.25, -0.2) is 4.79 Å². The van der Waals surface area contributed by atoms with Crippen molar-refractivity contribution in [1.82, 2.24) is 10.6 Å². The molecule has 5 nitrogen and oxygen atoms in total. The molecule has 1 rings (SSSR count). The summed E-state index contributed by atoms with van der Waals surface area (Å²) in [5.74, 6) is 0.720. The molecule has 0 atom stereocenters. The fourth-order valence-electron chi connectivity index (χ4n) is 1.53. The minimum absolute atomic E-state index is 0.460. The number of ether oxygens (including phenoxy) is 1. The summed E-state index contributed by atoms with van der Waals surface area (Å²) < 4.78 is 5.26. The van der Waals surface area contributed by atoms with E-state index in [4.69, 9.17) is 10.5 Å². The van der Waals surface area contributed by atoms with Crippen molar-refractivity contribution in [2.45, 2.75) is 12.8 Å². The summed E-state index contributed by atoms with van der Waals surface area (Å²) in [5, 5.41) is 5.82. The molecule has 1 aliphatic rings. The van der Waals surface area contributed by atoms with Gasteiger partial charge in [-0.1, -0.05) is 0 Å². The fraction of sp³-hybridized carbons (Fsp3) is 0.889. The Balaban J connectivity index is 1.90. The van der Waals surface area contributed by atoms with Crippen LogP contribution in [-0.2, 0) is 4.74 Å². The highest BCUT2D eigenvalue weighted by molar-refractivity contribution is 5.71. The van der Waals surface area contributed by atoms with Crippen molar-refractivity contribution in [3.8, 4) is 0 Å². The number of urea groups is 1. The number of rotatable bonds is 5. The molecule has 0 aromatic carbocycles. The maximum Gasteiger partial charge on any atom is 0.312 e. The van der Waals surface area contributed by atoms with Crippen LogP contribution >= 0.6 is 0 Å². The maximum absolute atomic E-state index is 10.3. The van der Waals surface area contributed by atoms with E-state index in [0.717, 1.165) is 45.1 Å². The molecule has 1 saturated heterocycles. The highest BCUT2D eigenvalue weighted by atomic mass is 16.5. The van der Waals surface area contributed by atoms with Crippen molar-refractivity contribution in [3.63, 3.8) is 0 Å². The molecule has 1 aliphatic heterocycles. The third-order valence-electron chi connectivity index (χ3n) is 2.37. The van der Waals surface area contributed by atoms with E-state index in [1.165, 1.54) is 0 Å². The fourth-order valence-corrected chi connectivity index (χ4v) is 1.53. The van der Waals surface area contributed by atoms with Gasteiger partial charge < -0.3 is 21.1 Å². The van der Waals surface area contributed by atoms with Gasteiger partial charge in [-0.2, -0.15) is 0 Å². The summed E-state index contributed by atoms with van der Waals surface area (Å²) in [6, 6.07) is -0.460. The quantitative estimate of drug-likeness (QED) is 0.533. The lowest BCUT2D eigenvalue weighted by Gasteiger charge is -2.22. The van der Waals surface area contributed by atoms with Gasteiger partial charge in [-0.15, -0.1) is 0 Å². The number of primary amides is 1. The van der Waals surface area contributed by atoms with Crippen molar-refractivity contribution in [2.75, 3.05) is 32.8 Å². The van der Waals surface area contributed by atoms with Crippen LogP contribution in [-0.4, -0.2) is 38.9 Å². The Morgan fingerprint density at radius 1 is 1.36 bits per heavy atom. The lowest BCUT2D eigenvalue weighted by atomic mass is 10.0. The number of amides is 2. The second kappa shape index (κ2) is 6.62. The van der Waals surface area contributed by atoms with E-state index in [0.29, 0.717) is 6.54 Å². The second-order valence-corrected chi connectivity index (χ2v) is 3.55. The Hall–Kier alpha value is -0.810. The molecule has 0 spiro atoms. The smallest absolute Gasteiger partial charge is 0.312 e. The first-order valence-corrected chi connectivity index (χ1v) is 5.11. The summed E-state index contributed by atoms with van der Waals surface area (Å²) in [5.41, 5.74) is 4.92. The van der Waals surface area contributed by atoms with E-state index in [9.17, 15) is 4.79 Å². The van der Waals surface area contributed by atoms with Gasteiger partial charge in [0.05, 0.1) is 0 Å². The molecule has 0 saturated carbocycles. The molecule has 2 amide bonds. The highest BCUT2D eigenvalue weighted by Gasteiger charge is 2.12. The standard InChI is InChI=1S/C9H19N3O2/c10-9(13)12-4-3-11-7-8-1-5-14-6-2-8/h8,11H,1-7H2,(H3,10,12,13). The zero-order valence-corrected chi connectivity index (χ0v) is 8.42. The average molecular weight is 201 g/mol. The molecular formula is C9H19N3O2. The lowest BCUT2D eigenvalue weighted by molar-refractivity contribution is 0.0664. The molecule has 0 aromatic rings. The minimum atomic E-state index is -0.460. The third-order valence-corrected chi connectivity index (χ3v) is 2.37. The van der Waals surface area contributed by atoms with Gasteiger partial charge >= 0.3 is 6.03 Å². The van der Waals surface area contributed by atoms with Crippen LogP contribution in [0.2, 0.25) is 0 Å². The Kier molecular flexibility index (Phi) is 5.32. The van der Waals surface area contributed by atoms with E-state index in [1.54, 1.807) is 0 Å².